The summed E-state index contributed by atoms with van der Waals surface area (Å²) in [5.41, 5.74) is 1.37. The highest BCUT2D eigenvalue weighted by atomic mass is 79.9. The zero-order valence-electron chi connectivity index (χ0n) is 9.12. The summed E-state index contributed by atoms with van der Waals surface area (Å²) in [6, 6.07) is 2.77. The maximum Gasteiger partial charge on any atom is 0.0757 e. The Kier molecular flexibility index (Phi) is 3.34. The fraction of sp³-hybridized carbons (Fsp3) is 0.667. The first-order valence-corrected chi connectivity index (χ1v) is 7.58. The molecule has 1 aromatic heterocycles. The molecule has 16 heavy (non-hydrogen) atoms. The lowest BCUT2D eigenvalue weighted by Crippen LogP contribution is -2.37. The van der Waals surface area contributed by atoms with Crippen LogP contribution in [0.4, 0.5) is 0 Å². The van der Waals surface area contributed by atoms with E-state index in [1.165, 1.54) is 28.6 Å². The van der Waals surface area contributed by atoms with Crippen LogP contribution < -0.4 is 5.32 Å². The molecule has 1 aliphatic carbocycles. The topological polar surface area (TPSA) is 21.3 Å². The summed E-state index contributed by atoms with van der Waals surface area (Å²) in [7, 11) is 0. The van der Waals surface area contributed by atoms with Gasteiger partial charge in [0.05, 0.1) is 9.89 Å². The van der Waals surface area contributed by atoms with Crippen LogP contribution in [0.3, 0.4) is 0 Å². The van der Waals surface area contributed by atoms with E-state index in [0.717, 1.165) is 19.1 Å². The van der Waals surface area contributed by atoms with Crippen molar-refractivity contribution in [2.24, 2.45) is 5.92 Å². The van der Waals surface area contributed by atoms with E-state index in [1.807, 2.05) is 0 Å². The second-order valence-corrected chi connectivity index (χ2v) is 7.00. The number of nitrogens with one attached hydrogen (secondary N) is 1. The van der Waals surface area contributed by atoms with Gasteiger partial charge in [0.25, 0.3) is 0 Å². The molecule has 2 unspecified atom stereocenters. The van der Waals surface area contributed by atoms with Gasteiger partial charge in [0.15, 0.2) is 0 Å². The lowest BCUT2D eigenvalue weighted by Gasteiger charge is -2.19. The molecule has 0 aromatic carbocycles. The van der Waals surface area contributed by atoms with Crippen molar-refractivity contribution in [3.8, 4) is 0 Å². The van der Waals surface area contributed by atoms with Gasteiger partial charge in [0.1, 0.15) is 0 Å². The Labute approximate surface area is 109 Å². The van der Waals surface area contributed by atoms with Crippen LogP contribution in [-0.2, 0) is 11.3 Å². The summed E-state index contributed by atoms with van der Waals surface area (Å²) < 4.78 is 7.03. The third-order valence-corrected chi connectivity index (χ3v) is 4.97. The van der Waals surface area contributed by atoms with Gasteiger partial charge in [-0.1, -0.05) is 0 Å². The number of hydrogen-bond donors (Lipinski definition) is 1. The molecule has 2 heterocycles. The van der Waals surface area contributed by atoms with E-state index in [2.05, 4.69) is 32.7 Å². The number of hydrogen-bond acceptors (Lipinski definition) is 3. The van der Waals surface area contributed by atoms with E-state index in [0.29, 0.717) is 12.1 Å². The van der Waals surface area contributed by atoms with E-state index in [1.54, 1.807) is 11.3 Å². The van der Waals surface area contributed by atoms with Crippen LogP contribution in [0.25, 0.3) is 0 Å². The maximum absolute atomic E-state index is 5.81. The molecule has 3 rings (SSSR count). The molecular formula is C12H16BrNOS. The van der Waals surface area contributed by atoms with E-state index >= 15 is 0 Å². The maximum atomic E-state index is 5.81. The number of rotatable bonds is 4. The summed E-state index contributed by atoms with van der Waals surface area (Å²) >= 11 is 5.25. The molecule has 2 nitrogen and oxygen atoms in total. The molecule has 1 aliphatic heterocycles. The zero-order chi connectivity index (χ0) is 11.0. The summed E-state index contributed by atoms with van der Waals surface area (Å²) in [4.78, 5) is 0. The monoisotopic (exact) mass is 301 g/mol. The average Bonchev–Trinajstić information content (AvgIpc) is 2.86. The van der Waals surface area contributed by atoms with Gasteiger partial charge < -0.3 is 10.1 Å². The molecule has 4 heteroatoms. The zero-order valence-corrected chi connectivity index (χ0v) is 11.5. The van der Waals surface area contributed by atoms with Crippen LogP contribution in [0.2, 0.25) is 0 Å². The lowest BCUT2D eigenvalue weighted by atomic mass is 10.1. The number of thiophene rings is 1. The van der Waals surface area contributed by atoms with Gasteiger partial charge in [-0.25, -0.2) is 0 Å². The van der Waals surface area contributed by atoms with Crippen molar-refractivity contribution < 1.29 is 4.74 Å². The standard InChI is InChI=1S/C12H16BrNOS/c13-11-5-8(7-16-11)6-14-10-3-4-15-12(10)9-1-2-9/h5,7,9-10,12,14H,1-4,6H2. The second-order valence-electron chi connectivity index (χ2n) is 4.71. The molecule has 2 aliphatic rings. The highest BCUT2D eigenvalue weighted by molar-refractivity contribution is 9.11. The van der Waals surface area contributed by atoms with Crippen LogP contribution in [0.15, 0.2) is 15.2 Å². The summed E-state index contributed by atoms with van der Waals surface area (Å²) in [6.07, 6.45) is 4.40. The minimum absolute atomic E-state index is 0.488. The van der Waals surface area contributed by atoms with Gasteiger partial charge >= 0.3 is 0 Å². The van der Waals surface area contributed by atoms with Crippen LogP contribution in [0, 0.1) is 5.92 Å². The quantitative estimate of drug-likeness (QED) is 0.922. The molecule has 0 spiro atoms. The summed E-state index contributed by atoms with van der Waals surface area (Å²) in [6.45, 7) is 1.91. The minimum Gasteiger partial charge on any atom is -0.376 e. The van der Waals surface area contributed by atoms with Gasteiger partial charge in [0.2, 0.25) is 0 Å². The van der Waals surface area contributed by atoms with Crippen molar-refractivity contribution >= 4 is 27.3 Å². The Morgan fingerprint density at radius 1 is 1.44 bits per heavy atom. The average molecular weight is 302 g/mol. The summed E-state index contributed by atoms with van der Waals surface area (Å²) in [5.74, 6) is 0.842. The number of ether oxygens (including phenoxy) is 1. The first kappa shape index (κ1) is 11.2. The first-order chi connectivity index (χ1) is 7.83. The van der Waals surface area contributed by atoms with Crippen LogP contribution in [0.5, 0.6) is 0 Å². The Morgan fingerprint density at radius 3 is 3.00 bits per heavy atom. The van der Waals surface area contributed by atoms with Crippen LogP contribution >= 0.6 is 27.3 Å². The van der Waals surface area contributed by atoms with Crippen LogP contribution in [-0.4, -0.2) is 18.8 Å². The Balaban J connectivity index is 1.54. The third-order valence-electron chi connectivity index (χ3n) is 3.41. The summed E-state index contributed by atoms with van der Waals surface area (Å²) in [5, 5.41) is 5.85. The molecule has 0 amide bonds. The molecule has 1 saturated carbocycles. The molecule has 2 atom stereocenters. The van der Waals surface area contributed by atoms with Crippen molar-refractivity contribution in [1.82, 2.24) is 5.32 Å². The van der Waals surface area contributed by atoms with Crippen molar-refractivity contribution in [3.63, 3.8) is 0 Å². The molecule has 0 bridgehead atoms. The van der Waals surface area contributed by atoms with Crippen molar-refractivity contribution in [2.45, 2.75) is 38.0 Å². The first-order valence-electron chi connectivity index (χ1n) is 5.91. The Hall–Kier alpha value is 0.1000. The molecule has 0 radical (unpaired) electrons. The van der Waals surface area contributed by atoms with Gasteiger partial charge in [-0.05, 0) is 58.1 Å². The smallest absolute Gasteiger partial charge is 0.0757 e. The highest BCUT2D eigenvalue weighted by Crippen LogP contribution is 2.38. The Morgan fingerprint density at radius 2 is 2.31 bits per heavy atom. The van der Waals surface area contributed by atoms with Gasteiger partial charge in [-0.15, -0.1) is 11.3 Å². The number of halogens is 1. The highest BCUT2D eigenvalue weighted by Gasteiger charge is 2.40. The molecule has 88 valence electrons. The SMILES string of the molecule is Brc1cc(CNC2CCOC2C2CC2)cs1. The molecule has 1 N–H and O–H groups in total. The van der Waals surface area contributed by atoms with E-state index in [-0.39, 0.29) is 0 Å². The minimum atomic E-state index is 0.488. The van der Waals surface area contributed by atoms with Crippen molar-refractivity contribution in [3.05, 3.63) is 20.8 Å². The predicted molar refractivity (Wildman–Crippen MR) is 69.7 cm³/mol. The second kappa shape index (κ2) is 4.77. The van der Waals surface area contributed by atoms with Crippen LogP contribution in [0.1, 0.15) is 24.8 Å². The molecule has 2 fully saturated rings. The fourth-order valence-corrected chi connectivity index (χ4v) is 3.62. The van der Waals surface area contributed by atoms with Crippen molar-refractivity contribution in [1.29, 1.82) is 0 Å². The van der Waals surface area contributed by atoms with Crippen molar-refractivity contribution in [2.75, 3.05) is 6.61 Å². The lowest BCUT2D eigenvalue weighted by molar-refractivity contribution is 0.0809. The third kappa shape index (κ3) is 2.50. The Bertz CT molecular complexity index is 364. The van der Waals surface area contributed by atoms with E-state index in [4.69, 9.17) is 4.74 Å². The van der Waals surface area contributed by atoms with Gasteiger partial charge in [0, 0.05) is 19.2 Å². The fourth-order valence-electron chi connectivity index (χ4n) is 2.41. The largest absolute Gasteiger partial charge is 0.376 e. The van der Waals surface area contributed by atoms with Gasteiger partial charge in [-0.2, -0.15) is 0 Å². The molecule has 1 saturated heterocycles. The van der Waals surface area contributed by atoms with Gasteiger partial charge in [-0.3, -0.25) is 0 Å². The predicted octanol–water partition coefficient (Wildman–Crippen LogP) is 3.17. The normalized spacial score (nSPS) is 29.8. The molecule has 1 aromatic rings. The van der Waals surface area contributed by atoms with E-state index in [9.17, 15) is 0 Å². The van der Waals surface area contributed by atoms with E-state index < -0.39 is 0 Å². The molecular weight excluding hydrogens is 286 g/mol.